The van der Waals surface area contributed by atoms with E-state index in [-0.39, 0.29) is 4.90 Å². The smallest absolute Gasteiger partial charge is 0.242 e. The molecule has 0 radical (unpaired) electrons. The quantitative estimate of drug-likeness (QED) is 0.751. The first kappa shape index (κ1) is 19.2. The molecule has 2 N–H and O–H groups in total. The Balaban J connectivity index is 2.04. The summed E-state index contributed by atoms with van der Waals surface area (Å²) in [6.07, 6.45) is 0. The topological polar surface area (TPSA) is 70.7 Å². The van der Waals surface area contributed by atoms with E-state index in [1.807, 2.05) is 24.3 Å². The third kappa shape index (κ3) is 4.91. The summed E-state index contributed by atoms with van der Waals surface area (Å²) in [5.41, 5.74) is 1.57. The highest BCUT2D eigenvalue weighted by atomic mass is 32.2. The minimum Gasteiger partial charge on any atom is -0.496 e. The van der Waals surface area contributed by atoms with Crippen LogP contribution in [0.3, 0.4) is 0 Å². The van der Waals surface area contributed by atoms with Gasteiger partial charge in [-0.05, 0) is 36.5 Å². The Kier molecular flexibility index (Phi) is 6.35. The number of ether oxygens (including phenoxy) is 1. The molecule has 0 aliphatic carbocycles. The number of methoxy groups -OCH3 is 1. The standard InChI is InChI=1S/C17H21N3O3S2/c1-20(2)25(21,22)15-9-6-8-14(11-15)19-17(24)18-12-13-7-4-5-10-16(13)23-3/h4-11H,12H2,1-3H3,(H2,18,19,24). The minimum absolute atomic E-state index is 0.204. The summed E-state index contributed by atoms with van der Waals surface area (Å²) < 4.78 is 30.8. The largest absolute Gasteiger partial charge is 0.496 e. The average molecular weight is 380 g/mol. The summed E-state index contributed by atoms with van der Waals surface area (Å²) in [5.74, 6) is 0.775. The lowest BCUT2D eigenvalue weighted by atomic mass is 10.2. The fraction of sp³-hybridized carbons (Fsp3) is 0.235. The van der Waals surface area contributed by atoms with Crippen molar-refractivity contribution in [2.24, 2.45) is 0 Å². The lowest BCUT2D eigenvalue weighted by Crippen LogP contribution is -2.28. The van der Waals surface area contributed by atoms with Gasteiger partial charge in [0.15, 0.2) is 5.11 Å². The van der Waals surface area contributed by atoms with E-state index >= 15 is 0 Å². The Morgan fingerprint density at radius 1 is 1.16 bits per heavy atom. The summed E-state index contributed by atoms with van der Waals surface area (Å²) in [6, 6.07) is 14.2. The summed E-state index contributed by atoms with van der Waals surface area (Å²) in [4.78, 5) is 0.204. The summed E-state index contributed by atoms with van der Waals surface area (Å²) in [5, 5.41) is 6.47. The molecule has 2 aromatic rings. The second kappa shape index (κ2) is 8.28. The molecule has 134 valence electrons. The SMILES string of the molecule is COc1ccccc1CNC(=S)Nc1cccc(S(=O)(=O)N(C)C)c1. The van der Waals surface area contributed by atoms with Crippen molar-refractivity contribution in [2.75, 3.05) is 26.5 Å². The van der Waals surface area contributed by atoms with Crippen molar-refractivity contribution < 1.29 is 13.2 Å². The molecule has 0 atom stereocenters. The monoisotopic (exact) mass is 379 g/mol. The molecule has 2 rings (SSSR count). The zero-order chi connectivity index (χ0) is 18.4. The minimum atomic E-state index is -3.49. The number of benzene rings is 2. The first-order valence-electron chi connectivity index (χ1n) is 7.54. The third-order valence-electron chi connectivity index (χ3n) is 3.50. The van der Waals surface area contributed by atoms with Crippen molar-refractivity contribution in [3.63, 3.8) is 0 Å². The van der Waals surface area contributed by atoms with Gasteiger partial charge in [-0.2, -0.15) is 0 Å². The molecule has 0 saturated carbocycles. The van der Waals surface area contributed by atoms with E-state index < -0.39 is 10.0 Å². The second-order valence-corrected chi connectivity index (χ2v) is 7.99. The number of thiocarbonyl (C=S) groups is 1. The molecule has 0 unspecified atom stereocenters. The van der Waals surface area contributed by atoms with Gasteiger partial charge in [-0.25, -0.2) is 12.7 Å². The first-order chi connectivity index (χ1) is 11.8. The highest BCUT2D eigenvalue weighted by molar-refractivity contribution is 7.89. The number of para-hydroxylation sites is 1. The number of hydrogen-bond donors (Lipinski definition) is 2. The number of nitrogens with zero attached hydrogens (tertiary/aromatic N) is 1. The van der Waals surface area contributed by atoms with Crippen LogP contribution < -0.4 is 15.4 Å². The van der Waals surface area contributed by atoms with Crippen molar-refractivity contribution in [2.45, 2.75) is 11.4 Å². The summed E-state index contributed by atoms with van der Waals surface area (Å²) in [6.45, 7) is 0.492. The molecule has 0 amide bonds. The molecule has 0 heterocycles. The first-order valence-corrected chi connectivity index (χ1v) is 9.39. The Morgan fingerprint density at radius 2 is 1.88 bits per heavy atom. The van der Waals surface area contributed by atoms with E-state index in [1.54, 1.807) is 31.4 Å². The second-order valence-electron chi connectivity index (χ2n) is 5.43. The van der Waals surface area contributed by atoms with Crippen LogP contribution in [0.15, 0.2) is 53.4 Å². The molecular weight excluding hydrogens is 358 g/mol. The van der Waals surface area contributed by atoms with Crippen LogP contribution in [-0.2, 0) is 16.6 Å². The highest BCUT2D eigenvalue weighted by Crippen LogP contribution is 2.19. The number of sulfonamides is 1. The molecule has 6 nitrogen and oxygen atoms in total. The molecule has 0 bridgehead atoms. The maximum absolute atomic E-state index is 12.2. The maximum Gasteiger partial charge on any atom is 0.242 e. The predicted octanol–water partition coefficient (Wildman–Crippen LogP) is 2.43. The van der Waals surface area contributed by atoms with Gasteiger partial charge in [-0.3, -0.25) is 0 Å². The zero-order valence-corrected chi connectivity index (χ0v) is 15.9. The Labute approximate surface area is 153 Å². The molecule has 0 fully saturated rings. The zero-order valence-electron chi connectivity index (χ0n) is 14.3. The average Bonchev–Trinajstić information content (AvgIpc) is 2.60. The maximum atomic E-state index is 12.2. The molecule has 2 aromatic carbocycles. The lowest BCUT2D eigenvalue weighted by molar-refractivity contribution is 0.409. The Morgan fingerprint density at radius 3 is 2.56 bits per heavy atom. The van der Waals surface area contributed by atoms with Gasteiger partial charge in [0, 0.05) is 31.9 Å². The molecule has 0 aliphatic heterocycles. The van der Waals surface area contributed by atoms with Gasteiger partial charge in [0.2, 0.25) is 10.0 Å². The van der Waals surface area contributed by atoms with Gasteiger partial charge < -0.3 is 15.4 Å². The van der Waals surface area contributed by atoms with Gasteiger partial charge in [-0.15, -0.1) is 0 Å². The van der Waals surface area contributed by atoms with Crippen LogP contribution in [0.25, 0.3) is 0 Å². The van der Waals surface area contributed by atoms with Crippen LogP contribution in [0.2, 0.25) is 0 Å². The molecule has 0 aromatic heterocycles. The van der Waals surface area contributed by atoms with E-state index in [1.165, 1.54) is 18.4 Å². The predicted molar refractivity (Wildman–Crippen MR) is 103 cm³/mol. The van der Waals surface area contributed by atoms with Crippen LogP contribution in [0.1, 0.15) is 5.56 Å². The molecule has 0 spiro atoms. The molecule has 0 aliphatic rings. The number of rotatable bonds is 6. The van der Waals surface area contributed by atoms with Crippen molar-refractivity contribution in [3.8, 4) is 5.75 Å². The van der Waals surface area contributed by atoms with Crippen LogP contribution in [0.4, 0.5) is 5.69 Å². The van der Waals surface area contributed by atoms with E-state index in [9.17, 15) is 8.42 Å². The van der Waals surface area contributed by atoms with E-state index in [2.05, 4.69) is 10.6 Å². The number of nitrogens with one attached hydrogen (secondary N) is 2. The Hall–Kier alpha value is -2.16. The number of hydrogen-bond acceptors (Lipinski definition) is 4. The van der Waals surface area contributed by atoms with E-state index in [0.717, 1.165) is 11.3 Å². The van der Waals surface area contributed by atoms with Crippen LogP contribution in [0.5, 0.6) is 5.75 Å². The molecule has 8 heteroatoms. The van der Waals surface area contributed by atoms with Crippen molar-refractivity contribution >= 4 is 33.0 Å². The van der Waals surface area contributed by atoms with Gasteiger partial charge in [0.05, 0.1) is 12.0 Å². The van der Waals surface area contributed by atoms with Gasteiger partial charge >= 0.3 is 0 Å². The fourth-order valence-electron chi connectivity index (χ4n) is 2.14. The Bertz CT molecular complexity index is 852. The third-order valence-corrected chi connectivity index (χ3v) is 5.56. The van der Waals surface area contributed by atoms with Gasteiger partial charge in [-0.1, -0.05) is 24.3 Å². The molecule has 25 heavy (non-hydrogen) atoms. The van der Waals surface area contributed by atoms with E-state index in [4.69, 9.17) is 17.0 Å². The summed E-state index contributed by atoms with van der Waals surface area (Å²) >= 11 is 5.28. The van der Waals surface area contributed by atoms with E-state index in [0.29, 0.717) is 17.3 Å². The summed E-state index contributed by atoms with van der Waals surface area (Å²) in [7, 11) is 1.12. The lowest BCUT2D eigenvalue weighted by Gasteiger charge is -2.15. The van der Waals surface area contributed by atoms with Gasteiger partial charge in [0.1, 0.15) is 5.75 Å². The normalized spacial score (nSPS) is 11.2. The van der Waals surface area contributed by atoms with Crippen molar-refractivity contribution in [1.29, 1.82) is 0 Å². The van der Waals surface area contributed by atoms with Crippen LogP contribution >= 0.6 is 12.2 Å². The van der Waals surface area contributed by atoms with Crippen LogP contribution in [0, 0.1) is 0 Å². The highest BCUT2D eigenvalue weighted by Gasteiger charge is 2.17. The van der Waals surface area contributed by atoms with Crippen molar-refractivity contribution in [3.05, 3.63) is 54.1 Å². The van der Waals surface area contributed by atoms with Crippen molar-refractivity contribution in [1.82, 2.24) is 9.62 Å². The molecular formula is C17H21N3O3S2. The fourth-order valence-corrected chi connectivity index (χ4v) is 3.28. The van der Waals surface area contributed by atoms with Gasteiger partial charge in [0.25, 0.3) is 0 Å². The molecule has 0 saturated heterocycles. The van der Waals surface area contributed by atoms with Crippen LogP contribution in [-0.4, -0.2) is 39.0 Å². The number of anilines is 1.